The number of halogens is 1. The number of hydrogen-bond donors (Lipinski definition) is 1. The van der Waals surface area contributed by atoms with E-state index in [1.165, 1.54) is 6.07 Å². The van der Waals surface area contributed by atoms with Crippen molar-refractivity contribution in [3.05, 3.63) is 51.6 Å². The second-order valence-electron chi connectivity index (χ2n) is 3.99. The molecule has 0 saturated heterocycles. The van der Waals surface area contributed by atoms with E-state index in [0.29, 0.717) is 11.0 Å². The van der Waals surface area contributed by atoms with Crippen LogP contribution in [0.2, 0.25) is 0 Å². The third kappa shape index (κ3) is 2.19. The fourth-order valence-electron chi connectivity index (χ4n) is 1.82. The number of fused-ring (bicyclic) bond motifs is 1. The summed E-state index contributed by atoms with van der Waals surface area (Å²) in [5, 5.41) is 17.1. The molecule has 1 heterocycles. The minimum Gasteiger partial charge on any atom is -0.478 e. The summed E-state index contributed by atoms with van der Waals surface area (Å²) in [6.45, 7) is 0. The van der Waals surface area contributed by atoms with Gasteiger partial charge in [-0.15, -0.1) is 5.10 Å². The summed E-state index contributed by atoms with van der Waals surface area (Å²) in [4.78, 5) is 11.0. The van der Waals surface area contributed by atoms with Crippen LogP contribution in [0.1, 0.15) is 10.4 Å². The molecule has 0 aliphatic carbocycles. The molecule has 0 aliphatic heterocycles. The Morgan fingerprint density at radius 2 is 1.89 bits per heavy atom. The van der Waals surface area contributed by atoms with Crippen LogP contribution in [-0.4, -0.2) is 26.1 Å². The van der Waals surface area contributed by atoms with Gasteiger partial charge in [0.05, 0.1) is 16.8 Å². The van der Waals surface area contributed by atoms with Gasteiger partial charge in [-0.1, -0.05) is 5.21 Å². The first-order valence-electron chi connectivity index (χ1n) is 5.50. The first-order valence-corrected chi connectivity index (χ1v) is 6.58. The highest BCUT2D eigenvalue weighted by Gasteiger charge is 2.10. The van der Waals surface area contributed by atoms with E-state index in [2.05, 4.69) is 32.9 Å². The predicted molar refractivity (Wildman–Crippen MR) is 78.5 cm³/mol. The van der Waals surface area contributed by atoms with E-state index < -0.39 is 5.97 Å². The smallest absolute Gasteiger partial charge is 0.335 e. The van der Waals surface area contributed by atoms with Gasteiger partial charge >= 0.3 is 5.97 Å². The topological polar surface area (TPSA) is 68.0 Å². The maximum Gasteiger partial charge on any atom is 0.335 e. The lowest BCUT2D eigenvalue weighted by Gasteiger charge is -2.02. The number of benzene rings is 2. The molecule has 0 atom stereocenters. The van der Waals surface area contributed by atoms with Gasteiger partial charge in [-0.3, -0.25) is 0 Å². The minimum atomic E-state index is -0.961. The zero-order valence-electron chi connectivity index (χ0n) is 9.62. The first kappa shape index (κ1) is 12.1. The van der Waals surface area contributed by atoms with E-state index in [0.717, 1.165) is 9.26 Å². The molecule has 0 fully saturated rings. The number of aromatic nitrogens is 3. The van der Waals surface area contributed by atoms with E-state index >= 15 is 0 Å². The van der Waals surface area contributed by atoms with E-state index in [4.69, 9.17) is 5.11 Å². The molecule has 0 radical (unpaired) electrons. The predicted octanol–water partition coefficient (Wildman–Crippen LogP) is 2.72. The van der Waals surface area contributed by atoms with Crippen LogP contribution in [0.3, 0.4) is 0 Å². The Balaban J connectivity index is 2.21. The van der Waals surface area contributed by atoms with Gasteiger partial charge in [0.1, 0.15) is 5.52 Å². The normalized spacial score (nSPS) is 10.8. The number of carboxylic acids is 1. The molecular weight excluding hydrogens is 357 g/mol. The Morgan fingerprint density at radius 3 is 2.58 bits per heavy atom. The van der Waals surface area contributed by atoms with Gasteiger partial charge in [0, 0.05) is 3.57 Å². The summed E-state index contributed by atoms with van der Waals surface area (Å²) in [5.74, 6) is -0.961. The van der Waals surface area contributed by atoms with Gasteiger partial charge in [0.15, 0.2) is 0 Å². The van der Waals surface area contributed by atoms with Crippen molar-refractivity contribution in [3.63, 3.8) is 0 Å². The zero-order chi connectivity index (χ0) is 13.4. The van der Waals surface area contributed by atoms with E-state index in [9.17, 15) is 4.79 Å². The highest BCUT2D eigenvalue weighted by Crippen LogP contribution is 2.18. The quantitative estimate of drug-likeness (QED) is 0.710. The Bertz CT molecular complexity index is 765. The molecular formula is C13H8IN3O2. The molecule has 94 valence electrons. The van der Waals surface area contributed by atoms with Crippen LogP contribution >= 0.6 is 22.6 Å². The van der Waals surface area contributed by atoms with Crippen LogP contribution in [0.25, 0.3) is 16.7 Å². The van der Waals surface area contributed by atoms with Gasteiger partial charge in [-0.2, -0.15) is 0 Å². The monoisotopic (exact) mass is 365 g/mol. The molecule has 0 amide bonds. The van der Waals surface area contributed by atoms with Crippen molar-refractivity contribution in [1.29, 1.82) is 0 Å². The standard InChI is InChI=1S/C13H8IN3O2/c14-9-2-4-10(5-3-9)17-12-7-8(13(18)19)1-6-11(12)15-16-17/h1-7H,(H,18,19). The van der Waals surface area contributed by atoms with Crippen LogP contribution in [0.15, 0.2) is 42.5 Å². The van der Waals surface area contributed by atoms with Crippen molar-refractivity contribution in [1.82, 2.24) is 15.0 Å². The van der Waals surface area contributed by atoms with Crippen LogP contribution in [0.4, 0.5) is 0 Å². The molecule has 3 aromatic rings. The minimum absolute atomic E-state index is 0.224. The van der Waals surface area contributed by atoms with E-state index in [1.807, 2.05) is 24.3 Å². The summed E-state index contributed by atoms with van der Waals surface area (Å²) >= 11 is 2.22. The maximum absolute atomic E-state index is 11.0. The molecule has 0 saturated carbocycles. The second kappa shape index (κ2) is 4.61. The van der Waals surface area contributed by atoms with E-state index in [1.54, 1.807) is 16.8 Å². The number of carboxylic acid groups (broad SMARTS) is 1. The maximum atomic E-state index is 11.0. The van der Waals surface area contributed by atoms with Crippen LogP contribution in [0.5, 0.6) is 0 Å². The lowest BCUT2D eigenvalue weighted by molar-refractivity contribution is 0.0697. The van der Waals surface area contributed by atoms with Crippen molar-refractivity contribution < 1.29 is 9.90 Å². The molecule has 19 heavy (non-hydrogen) atoms. The Kier molecular flexibility index (Phi) is 2.94. The van der Waals surface area contributed by atoms with Crippen molar-refractivity contribution in [2.45, 2.75) is 0 Å². The highest BCUT2D eigenvalue weighted by atomic mass is 127. The first-order chi connectivity index (χ1) is 9.15. The summed E-state index contributed by atoms with van der Waals surface area (Å²) in [6.07, 6.45) is 0. The molecule has 0 unspecified atom stereocenters. The number of nitrogens with zero attached hydrogens (tertiary/aromatic N) is 3. The van der Waals surface area contributed by atoms with Gasteiger partial charge in [-0.25, -0.2) is 9.48 Å². The third-order valence-electron chi connectivity index (χ3n) is 2.76. The molecule has 3 rings (SSSR count). The van der Waals surface area contributed by atoms with Crippen molar-refractivity contribution in [2.75, 3.05) is 0 Å². The Hall–Kier alpha value is -1.96. The average Bonchev–Trinajstić information content (AvgIpc) is 2.82. The van der Waals surface area contributed by atoms with Crippen LogP contribution in [-0.2, 0) is 0 Å². The summed E-state index contributed by atoms with van der Waals surface area (Å²) < 4.78 is 2.76. The summed E-state index contributed by atoms with van der Waals surface area (Å²) in [5.41, 5.74) is 2.43. The van der Waals surface area contributed by atoms with Gasteiger partial charge in [-0.05, 0) is 65.1 Å². The molecule has 0 bridgehead atoms. The molecule has 1 aromatic heterocycles. The van der Waals surface area contributed by atoms with Crippen molar-refractivity contribution in [3.8, 4) is 5.69 Å². The van der Waals surface area contributed by atoms with Crippen LogP contribution < -0.4 is 0 Å². The fraction of sp³-hybridized carbons (Fsp3) is 0. The second-order valence-corrected chi connectivity index (χ2v) is 5.23. The van der Waals surface area contributed by atoms with Gasteiger partial charge in [0.25, 0.3) is 0 Å². The molecule has 2 aromatic carbocycles. The van der Waals surface area contributed by atoms with Gasteiger partial charge in [0.2, 0.25) is 0 Å². The Labute approximate surface area is 122 Å². The summed E-state index contributed by atoms with van der Waals surface area (Å²) in [7, 11) is 0. The Morgan fingerprint density at radius 1 is 1.16 bits per heavy atom. The van der Waals surface area contributed by atoms with Gasteiger partial charge < -0.3 is 5.11 Å². The van der Waals surface area contributed by atoms with Crippen LogP contribution in [0, 0.1) is 3.57 Å². The fourth-order valence-corrected chi connectivity index (χ4v) is 2.18. The molecule has 0 spiro atoms. The third-order valence-corrected chi connectivity index (χ3v) is 3.48. The highest BCUT2D eigenvalue weighted by molar-refractivity contribution is 14.1. The van der Waals surface area contributed by atoms with E-state index in [-0.39, 0.29) is 5.56 Å². The molecule has 0 aliphatic rings. The zero-order valence-corrected chi connectivity index (χ0v) is 11.8. The van der Waals surface area contributed by atoms with Crippen molar-refractivity contribution >= 4 is 39.6 Å². The number of hydrogen-bond acceptors (Lipinski definition) is 3. The van der Waals surface area contributed by atoms with Crippen molar-refractivity contribution in [2.24, 2.45) is 0 Å². The lowest BCUT2D eigenvalue weighted by Crippen LogP contribution is -1.99. The number of aromatic carboxylic acids is 1. The number of rotatable bonds is 2. The molecule has 1 N–H and O–H groups in total. The average molecular weight is 365 g/mol. The largest absolute Gasteiger partial charge is 0.478 e. The molecule has 6 heteroatoms. The number of carbonyl (C=O) groups is 1. The summed E-state index contributed by atoms with van der Waals surface area (Å²) in [6, 6.07) is 12.5. The lowest BCUT2D eigenvalue weighted by atomic mass is 10.2. The molecule has 5 nitrogen and oxygen atoms in total. The SMILES string of the molecule is O=C(O)c1ccc2nnn(-c3ccc(I)cc3)c2c1.